The van der Waals surface area contributed by atoms with E-state index in [9.17, 15) is 9.59 Å². The molecule has 0 saturated heterocycles. The normalized spacial score (nSPS) is 11.9. The Labute approximate surface area is 157 Å². The summed E-state index contributed by atoms with van der Waals surface area (Å²) in [6, 6.07) is 16.6. The van der Waals surface area contributed by atoms with Gasteiger partial charge in [0.2, 0.25) is 5.76 Å². The molecule has 1 amide bonds. The third-order valence-electron chi connectivity index (χ3n) is 4.18. The van der Waals surface area contributed by atoms with Crippen molar-refractivity contribution < 1.29 is 23.5 Å². The van der Waals surface area contributed by atoms with Gasteiger partial charge in [-0.15, -0.1) is 0 Å². The molecule has 0 aliphatic heterocycles. The first-order valence-electron chi connectivity index (χ1n) is 8.61. The maximum absolute atomic E-state index is 12.4. The Morgan fingerprint density at radius 1 is 1.07 bits per heavy atom. The second-order valence-corrected chi connectivity index (χ2v) is 6.11. The average Bonchev–Trinajstić information content (AvgIpc) is 3.06. The van der Waals surface area contributed by atoms with Gasteiger partial charge in [0.25, 0.3) is 5.91 Å². The minimum Gasteiger partial charge on any atom is -0.450 e. The third kappa shape index (κ3) is 4.35. The highest BCUT2D eigenvalue weighted by Crippen LogP contribution is 2.27. The Bertz CT molecular complexity index is 932. The quantitative estimate of drug-likeness (QED) is 0.646. The maximum atomic E-state index is 12.4. The number of hydrogen-bond donors (Lipinski definition) is 1. The lowest BCUT2D eigenvalue weighted by atomic mass is 10.1. The summed E-state index contributed by atoms with van der Waals surface area (Å²) in [4.78, 5) is 24.5. The minimum absolute atomic E-state index is 0.0574. The fourth-order valence-electron chi connectivity index (χ4n) is 2.86. The van der Waals surface area contributed by atoms with Gasteiger partial charge >= 0.3 is 5.97 Å². The van der Waals surface area contributed by atoms with E-state index in [0.29, 0.717) is 11.1 Å². The molecule has 0 spiro atoms. The molecule has 0 fully saturated rings. The molecule has 0 bridgehead atoms. The fraction of sp³-hybridized carbons (Fsp3) is 0.238. The molecule has 0 unspecified atom stereocenters. The van der Waals surface area contributed by atoms with Crippen LogP contribution < -0.4 is 5.32 Å². The van der Waals surface area contributed by atoms with Gasteiger partial charge in [-0.1, -0.05) is 48.5 Å². The lowest BCUT2D eigenvalue weighted by Crippen LogP contribution is -2.31. The van der Waals surface area contributed by atoms with Gasteiger partial charge in [0.05, 0.1) is 12.6 Å². The summed E-state index contributed by atoms with van der Waals surface area (Å²) in [5, 5.41) is 3.58. The molecule has 2 aromatic carbocycles. The van der Waals surface area contributed by atoms with Crippen molar-refractivity contribution in [1.29, 1.82) is 0 Å². The predicted octanol–water partition coefficient (Wildman–Crippen LogP) is 3.61. The van der Waals surface area contributed by atoms with Crippen LogP contribution in [0.2, 0.25) is 0 Å². The highest BCUT2D eigenvalue weighted by molar-refractivity contribution is 5.96. The number of carbonyl (C=O) groups excluding carboxylic acids is 2. The van der Waals surface area contributed by atoms with Crippen LogP contribution in [0.15, 0.2) is 59.0 Å². The number of methoxy groups -OCH3 is 1. The van der Waals surface area contributed by atoms with Crippen LogP contribution in [0.4, 0.5) is 0 Å². The molecule has 27 heavy (non-hydrogen) atoms. The number of esters is 1. The largest absolute Gasteiger partial charge is 0.450 e. The van der Waals surface area contributed by atoms with Gasteiger partial charge in [-0.05, 0) is 18.6 Å². The van der Waals surface area contributed by atoms with Crippen molar-refractivity contribution in [1.82, 2.24) is 5.32 Å². The molecule has 0 aliphatic carbocycles. The SMILES string of the molecule is COCc1c(C(=O)OCC(=O)N[C@H](C)c2ccccc2)oc2ccccc12. The molecular weight excluding hydrogens is 346 g/mol. The van der Waals surface area contributed by atoms with Crippen molar-refractivity contribution in [2.24, 2.45) is 0 Å². The van der Waals surface area contributed by atoms with E-state index in [1.807, 2.05) is 55.5 Å². The van der Waals surface area contributed by atoms with Gasteiger partial charge < -0.3 is 19.2 Å². The molecule has 0 aliphatic rings. The van der Waals surface area contributed by atoms with Crippen molar-refractivity contribution in [2.75, 3.05) is 13.7 Å². The van der Waals surface area contributed by atoms with Crippen molar-refractivity contribution in [3.63, 3.8) is 0 Å². The van der Waals surface area contributed by atoms with Gasteiger partial charge in [-0.25, -0.2) is 4.79 Å². The summed E-state index contributed by atoms with van der Waals surface area (Å²) < 4.78 is 15.9. The monoisotopic (exact) mass is 367 g/mol. The summed E-state index contributed by atoms with van der Waals surface area (Å²) in [7, 11) is 1.54. The van der Waals surface area contributed by atoms with E-state index in [-0.39, 0.29) is 30.9 Å². The van der Waals surface area contributed by atoms with Gasteiger partial charge in [-0.2, -0.15) is 0 Å². The lowest BCUT2D eigenvalue weighted by molar-refractivity contribution is -0.124. The van der Waals surface area contributed by atoms with Crippen LogP contribution in [0, 0.1) is 0 Å². The number of para-hydroxylation sites is 1. The number of rotatable bonds is 7. The zero-order chi connectivity index (χ0) is 19.2. The number of ether oxygens (including phenoxy) is 2. The molecule has 1 aromatic heterocycles. The molecule has 3 aromatic rings. The van der Waals surface area contributed by atoms with Crippen molar-refractivity contribution in [2.45, 2.75) is 19.6 Å². The van der Waals surface area contributed by atoms with Crippen LogP contribution in [0.3, 0.4) is 0 Å². The predicted molar refractivity (Wildman–Crippen MR) is 100 cm³/mol. The van der Waals surface area contributed by atoms with E-state index in [0.717, 1.165) is 10.9 Å². The third-order valence-corrected chi connectivity index (χ3v) is 4.18. The van der Waals surface area contributed by atoms with Crippen molar-refractivity contribution >= 4 is 22.8 Å². The zero-order valence-electron chi connectivity index (χ0n) is 15.2. The standard InChI is InChI=1S/C21H21NO5/c1-14(15-8-4-3-5-9-15)22-19(23)13-26-21(24)20-17(12-25-2)16-10-6-7-11-18(16)27-20/h3-11,14H,12-13H2,1-2H3,(H,22,23)/t14-/m1/s1. The molecule has 3 rings (SSSR count). The van der Waals surface area contributed by atoms with Crippen LogP contribution in [0.5, 0.6) is 0 Å². The molecule has 140 valence electrons. The van der Waals surface area contributed by atoms with Crippen LogP contribution in [0.1, 0.15) is 34.6 Å². The molecule has 1 atom stereocenters. The maximum Gasteiger partial charge on any atom is 0.375 e. The Hall–Kier alpha value is -3.12. The van der Waals surface area contributed by atoms with E-state index < -0.39 is 5.97 Å². The Morgan fingerprint density at radius 3 is 2.52 bits per heavy atom. The highest BCUT2D eigenvalue weighted by Gasteiger charge is 2.22. The Balaban J connectivity index is 1.64. The van der Waals surface area contributed by atoms with E-state index in [1.54, 1.807) is 6.07 Å². The molecule has 1 heterocycles. The number of amides is 1. The number of fused-ring (bicyclic) bond motifs is 1. The topological polar surface area (TPSA) is 77.8 Å². The molecular formula is C21H21NO5. The van der Waals surface area contributed by atoms with Crippen LogP contribution in [-0.4, -0.2) is 25.6 Å². The Kier molecular flexibility index (Phi) is 5.88. The molecule has 6 nitrogen and oxygen atoms in total. The van der Waals surface area contributed by atoms with Crippen LogP contribution in [0.25, 0.3) is 11.0 Å². The number of carbonyl (C=O) groups is 2. The van der Waals surface area contributed by atoms with Crippen LogP contribution >= 0.6 is 0 Å². The van der Waals surface area contributed by atoms with E-state index in [2.05, 4.69) is 5.32 Å². The first kappa shape index (κ1) is 18.7. The van der Waals surface area contributed by atoms with E-state index in [4.69, 9.17) is 13.9 Å². The minimum atomic E-state index is -0.694. The van der Waals surface area contributed by atoms with E-state index in [1.165, 1.54) is 7.11 Å². The second-order valence-electron chi connectivity index (χ2n) is 6.11. The van der Waals surface area contributed by atoms with E-state index >= 15 is 0 Å². The summed E-state index contributed by atoms with van der Waals surface area (Å²) in [5.41, 5.74) is 2.15. The number of furan rings is 1. The van der Waals surface area contributed by atoms with Gasteiger partial charge in [0, 0.05) is 18.1 Å². The first-order valence-corrected chi connectivity index (χ1v) is 8.61. The molecule has 1 N–H and O–H groups in total. The second kappa shape index (κ2) is 8.51. The average molecular weight is 367 g/mol. The number of nitrogens with one attached hydrogen (secondary N) is 1. The van der Waals surface area contributed by atoms with Gasteiger partial charge in [-0.3, -0.25) is 4.79 Å². The number of hydrogen-bond acceptors (Lipinski definition) is 5. The smallest absolute Gasteiger partial charge is 0.375 e. The summed E-state index contributed by atoms with van der Waals surface area (Å²) in [6.07, 6.45) is 0. The van der Waals surface area contributed by atoms with Crippen LogP contribution in [-0.2, 0) is 20.9 Å². The van der Waals surface area contributed by atoms with Gasteiger partial charge in [0.1, 0.15) is 5.58 Å². The van der Waals surface area contributed by atoms with Crippen molar-refractivity contribution in [3.8, 4) is 0 Å². The summed E-state index contributed by atoms with van der Waals surface area (Å²) in [5.74, 6) is -1.02. The van der Waals surface area contributed by atoms with Gasteiger partial charge in [0.15, 0.2) is 6.61 Å². The summed E-state index contributed by atoms with van der Waals surface area (Å²) >= 11 is 0. The highest BCUT2D eigenvalue weighted by atomic mass is 16.5. The summed E-state index contributed by atoms with van der Waals surface area (Å²) in [6.45, 7) is 1.68. The number of benzene rings is 2. The fourth-order valence-corrected chi connectivity index (χ4v) is 2.86. The van der Waals surface area contributed by atoms with Crippen molar-refractivity contribution in [3.05, 3.63) is 71.5 Å². The lowest BCUT2D eigenvalue weighted by Gasteiger charge is -2.14. The first-order chi connectivity index (χ1) is 13.1. The molecule has 0 saturated carbocycles. The molecule has 6 heteroatoms. The zero-order valence-corrected chi connectivity index (χ0v) is 15.2. The Morgan fingerprint density at radius 2 is 1.78 bits per heavy atom. The molecule has 0 radical (unpaired) electrons.